The van der Waals surface area contributed by atoms with E-state index in [1.807, 2.05) is 6.07 Å². The first-order valence-corrected chi connectivity index (χ1v) is 4.56. The Morgan fingerprint density at radius 2 is 2.36 bits per heavy atom. The number of carboxylic acids is 1. The van der Waals surface area contributed by atoms with Crippen LogP contribution in [0.4, 0.5) is 0 Å². The molecule has 0 bridgehead atoms. The molecule has 4 nitrogen and oxygen atoms in total. The maximum atomic E-state index is 10.6. The molecule has 2 rings (SSSR count). The smallest absolute Gasteiger partial charge is 0.335 e. The molecule has 0 fully saturated rings. The number of benzene rings is 1. The Balaban J connectivity index is 2.66. The first-order chi connectivity index (χ1) is 6.70. The highest BCUT2D eigenvalue weighted by Gasteiger charge is 2.07. The van der Waals surface area contributed by atoms with E-state index in [2.05, 4.69) is 4.98 Å². The first-order valence-electron chi connectivity index (χ1n) is 3.74. The number of hydrogen-bond donors (Lipinski definition) is 1. The van der Waals surface area contributed by atoms with Gasteiger partial charge in [0.05, 0.1) is 15.8 Å². The lowest BCUT2D eigenvalue weighted by Crippen LogP contribution is -1.94. The van der Waals surface area contributed by atoms with Crippen LogP contribution in [-0.2, 0) is 0 Å². The minimum Gasteiger partial charge on any atom is -0.478 e. The quantitative estimate of drug-likeness (QED) is 0.769. The van der Waals surface area contributed by atoms with Gasteiger partial charge in [-0.1, -0.05) is 0 Å². The van der Waals surface area contributed by atoms with Crippen LogP contribution in [0.3, 0.4) is 0 Å². The minimum atomic E-state index is -0.988. The summed E-state index contributed by atoms with van der Waals surface area (Å²) in [7, 11) is 0. The molecule has 0 aliphatic heterocycles. The third-order valence-corrected chi connectivity index (χ3v) is 2.67. The fourth-order valence-electron chi connectivity index (χ4n) is 1.11. The molecule has 0 aliphatic carbocycles. The second kappa shape index (κ2) is 3.09. The van der Waals surface area contributed by atoms with Gasteiger partial charge in [-0.15, -0.1) is 11.3 Å². The van der Waals surface area contributed by atoms with Crippen molar-refractivity contribution < 1.29 is 9.90 Å². The van der Waals surface area contributed by atoms with Crippen LogP contribution in [0.5, 0.6) is 0 Å². The van der Waals surface area contributed by atoms with Gasteiger partial charge in [0.1, 0.15) is 6.07 Å². The molecule has 1 aromatic heterocycles. The van der Waals surface area contributed by atoms with E-state index in [1.54, 1.807) is 6.07 Å². The van der Waals surface area contributed by atoms with Crippen LogP contribution < -0.4 is 0 Å². The summed E-state index contributed by atoms with van der Waals surface area (Å²) in [5.41, 5.74) is 0.749. The molecule has 2 aromatic rings. The van der Waals surface area contributed by atoms with E-state index in [0.29, 0.717) is 10.5 Å². The summed E-state index contributed by atoms with van der Waals surface area (Å²) in [5.74, 6) is -0.988. The van der Waals surface area contributed by atoms with E-state index in [9.17, 15) is 4.79 Å². The SMILES string of the molecule is N#Cc1nc2cc(C(=O)O)ccc2s1. The fraction of sp³-hybridized carbons (Fsp3) is 0. The first kappa shape index (κ1) is 8.66. The number of rotatable bonds is 1. The van der Waals surface area contributed by atoms with Gasteiger partial charge in [0, 0.05) is 0 Å². The van der Waals surface area contributed by atoms with Crippen molar-refractivity contribution in [3.8, 4) is 6.07 Å². The van der Waals surface area contributed by atoms with Crippen molar-refractivity contribution in [2.45, 2.75) is 0 Å². The van der Waals surface area contributed by atoms with Crippen LogP contribution in [0.25, 0.3) is 10.2 Å². The van der Waals surface area contributed by atoms with Crippen molar-refractivity contribution in [2.75, 3.05) is 0 Å². The van der Waals surface area contributed by atoms with Crippen molar-refractivity contribution in [1.29, 1.82) is 5.26 Å². The van der Waals surface area contributed by atoms with Crippen molar-refractivity contribution in [1.82, 2.24) is 4.98 Å². The summed E-state index contributed by atoms with van der Waals surface area (Å²) in [6, 6.07) is 6.56. The Morgan fingerprint density at radius 3 is 3.00 bits per heavy atom. The Morgan fingerprint density at radius 1 is 1.57 bits per heavy atom. The topological polar surface area (TPSA) is 74.0 Å². The summed E-state index contributed by atoms with van der Waals surface area (Å²) in [5, 5.41) is 17.7. The summed E-state index contributed by atoms with van der Waals surface area (Å²) in [6.07, 6.45) is 0. The van der Waals surface area contributed by atoms with Gasteiger partial charge in [0.2, 0.25) is 0 Å². The molecule has 14 heavy (non-hydrogen) atoms. The lowest BCUT2D eigenvalue weighted by molar-refractivity contribution is 0.0697. The van der Waals surface area contributed by atoms with E-state index in [4.69, 9.17) is 10.4 Å². The molecule has 0 radical (unpaired) electrons. The van der Waals surface area contributed by atoms with Gasteiger partial charge in [-0.2, -0.15) is 5.26 Å². The van der Waals surface area contributed by atoms with Gasteiger partial charge in [-0.25, -0.2) is 9.78 Å². The van der Waals surface area contributed by atoms with Gasteiger partial charge in [-0.3, -0.25) is 0 Å². The van der Waals surface area contributed by atoms with Gasteiger partial charge >= 0.3 is 5.97 Å². The number of hydrogen-bond acceptors (Lipinski definition) is 4. The molecule has 5 heteroatoms. The minimum absolute atomic E-state index is 0.187. The number of aromatic nitrogens is 1. The highest BCUT2D eigenvalue weighted by atomic mass is 32.1. The lowest BCUT2D eigenvalue weighted by Gasteiger charge is -1.91. The monoisotopic (exact) mass is 204 g/mol. The molecular formula is C9H4N2O2S. The standard InChI is InChI=1S/C9H4N2O2S/c10-4-8-11-6-3-5(9(12)13)1-2-7(6)14-8/h1-3H,(H,12,13). The molecule has 1 N–H and O–H groups in total. The zero-order valence-electron chi connectivity index (χ0n) is 6.89. The van der Waals surface area contributed by atoms with Crippen molar-refractivity contribution in [3.05, 3.63) is 28.8 Å². The molecule has 0 saturated heterocycles. The Bertz CT molecular complexity index is 553. The molecule has 68 valence electrons. The van der Waals surface area contributed by atoms with E-state index in [0.717, 1.165) is 4.70 Å². The van der Waals surface area contributed by atoms with Crippen LogP contribution in [0.1, 0.15) is 15.4 Å². The van der Waals surface area contributed by atoms with E-state index in [1.165, 1.54) is 23.5 Å². The molecule has 0 atom stereocenters. The Hall–Kier alpha value is -1.93. The fourth-order valence-corrected chi connectivity index (χ4v) is 1.85. The number of nitrogens with zero attached hydrogens (tertiary/aromatic N) is 2. The number of carboxylic acid groups (broad SMARTS) is 1. The second-order valence-electron chi connectivity index (χ2n) is 2.62. The highest BCUT2D eigenvalue weighted by Crippen LogP contribution is 2.22. The largest absolute Gasteiger partial charge is 0.478 e. The third-order valence-electron chi connectivity index (χ3n) is 1.73. The van der Waals surface area contributed by atoms with E-state index < -0.39 is 5.97 Å². The van der Waals surface area contributed by atoms with Crippen molar-refractivity contribution >= 4 is 27.5 Å². The lowest BCUT2D eigenvalue weighted by atomic mass is 10.2. The average molecular weight is 204 g/mol. The van der Waals surface area contributed by atoms with Crippen molar-refractivity contribution in [2.24, 2.45) is 0 Å². The maximum absolute atomic E-state index is 10.6. The zero-order chi connectivity index (χ0) is 10.1. The average Bonchev–Trinajstić information content (AvgIpc) is 2.58. The summed E-state index contributed by atoms with van der Waals surface area (Å²) < 4.78 is 0.826. The molecule has 0 amide bonds. The molecule has 0 saturated carbocycles. The summed E-state index contributed by atoms with van der Waals surface area (Å²) in [6.45, 7) is 0. The molecule has 1 aromatic carbocycles. The van der Waals surface area contributed by atoms with Crippen molar-refractivity contribution in [3.63, 3.8) is 0 Å². The zero-order valence-corrected chi connectivity index (χ0v) is 7.71. The second-order valence-corrected chi connectivity index (χ2v) is 3.65. The van der Waals surface area contributed by atoms with Gasteiger partial charge in [0.15, 0.2) is 5.01 Å². The molecular weight excluding hydrogens is 200 g/mol. The predicted octanol–water partition coefficient (Wildman–Crippen LogP) is 1.87. The Labute approximate surface area is 83.1 Å². The number of aromatic carboxylic acids is 1. The summed E-state index contributed by atoms with van der Waals surface area (Å²) >= 11 is 1.25. The van der Waals surface area contributed by atoms with E-state index >= 15 is 0 Å². The highest BCUT2D eigenvalue weighted by molar-refractivity contribution is 7.19. The number of nitriles is 1. The molecule has 0 unspecified atom stereocenters. The van der Waals surface area contributed by atoms with Gasteiger partial charge < -0.3 is 5.11 Å². The number of carbonyl (C=O) groups is 1. The third kappa shape index (κ3) is 1.32. The van der Waals surface area contributed by atoms with Crippen LogP contribution in [0.2, 0.25) is 0 Å². The molecule has 0 spiro atoms. The molecule has 0 aliphatic rings. The number of fused-ring (bicyclic) bond motifs is 1. The Kier molecular flexibility index (Phi) is 1.91. The van der Waals surface area contributed by atoms with E-state index in [-0.39, 0.29) is 5.56 Å². The maximum Gasteiger partial charge on any atom is 0.335 e. The van der Waals surface area contributed by atoms with Crippen LogP contribution >= 0.6 is 11.3 Å². The van der Waals surface area contributed by atoms with Crippen LogP contribution in [0.15, 0.2) is 18.2 Å². The van der Waals surface area contributed by atoms with Gasteiger partial charge in [0.25, 0.3) is 0 Å². The number of thiazole rings is 1. The van der Waals surface area contributed by atoms with Crippen LogP contribution in [0, 0.1) is 11.3 Å². The molecule has 1 heterocycles. The summed E-state index contributed by atoms with van der Waals surface area (Å²) in [4.78, 5) is 14.6. The van der Waals surface area contributed by atoms with Crippen LogP contribution in [-0.4, -0.2) is 16.1 Å². The predicted molar refractivity (Wildman–Crippen MR) is 51.3 cm³/mol. The normalized spacial score (nSPS) is 9.93. The van der Waals surface area contributed by atoms with Gasteiger partial charge in [-0.05, 0) is 18.2 Å².